The third kappa shape index (κ3) is 2340. The number of aliphatic carboxylic acids is 1. The van der Waals surface area contributed by atoms with E-state index < -0.39 is 5.97 Å². The van der Waals surface area contributed by atoms with Crippen molar-refractivity contribution in [3.05, 3.63) is 0 Å². The fourth-order valence-electron chi connectivity index (χ4n) is 0. The molecule has 0 aliphatic carbocycles. The Morgan fingerprint density at radius 3 is 1.38 bits per heavy atom. The van der Waals surface area contributed by atoms with Gasteiger partial charge in [0.1, 0.15) is 0 Å². The summed E-state index contributed by atoms with van der Waals surface area (Å²) in [5.41, 5.74) is 0. The summed E-state index contributed by atoms with van der Waals surface area (Å²) in [5, 5.41) is 8.89. The van der Waals surface area contributed by atoms with Gasteiger partial charge in [0, 0.05) is 5.97 Å². The van der Waals surface area contributed by atoms with Crippen molar-refractivity contribution < 1.29 is 33.0 Å². The molecule has 0 unspecified atom stereocenters. The van der Waals surface area contributed by atoms with Crippen LogP contribution in [0.1, 0.15) is 13.8 Å². The molecule has 0 spiro atoms. The molecular formula is C4H6O3Zn. The van der Waals surface area contributed by atoms with Gasteiger partial charge in [-0.25, -0.2) is 0 Å². The fourth-order valence-corrected chi connectivity index (χ4v) is 0. The summed E-state index contributed by atoms with van der Waals surface area (Å²) in [4.78, 5) is 18.4. The summed E-state index contributed by atoms with van der Waals surface area (Å²) in [7, 11) is 0. The van der Waals surface area contributed by atoms with E-state index in [0.717, 1.165) is 25.2 Å². The average molecular weight is 167 g/mol. The Morgan fingerprint density at radius 2 is 1.38 bits per heavy atom. The molecule has 0 radical (unpaired) electrons. The number of carbonyl (C=O) groups excluding carboxylic acids is 2. The monoisotopic (exact) mass is 166 g/mol. The van der Waals surface area contributed by atoms with Gasteiger partial charge in [-0.3, -0.25) is 0 Å². The summed E-state index contributed by atoms with van der Waals surface area (Å²) in [6.07, 6.45) is 0. The van der Waals surface area contributed by atoms with E-state index in [1.807, 2.05) is 0 Å². The number of carboxylic acids is 1. The maximum atomic E-state index is 9.50. The molecule has 0 aliphatic rings. The molecule has 0 fully saturated rings. The summed E-state index contributed by atoms with van der Waals surface area (Å²) < 4.78 is 0.292. The van der Waals surface area contributed by atoms with E-state index in [0.29, 0.717) is 4.38 Å². The fraction of sp³-hybridized carbons (Fsp3) is 0.500. The van der Waals surface area contributed by atoms with Gasteiger partial charge < -0.3 is 9.90 Å². The van der Waals surface area contributed by atoms with Gasteiger partial charge in [-0.1, -0.05) is 0 Å². The van der Waals surface area contributed by atoms with E-state index >= 15 is 0 Å². The van der Waals surface area contributed by atoms with E-state index in [-0.39, 0.29) is 0 Å². The molecule has 4 heteroatoms. The van der Waals surface area contributed by atoms with Crippen LogP contribution in [0.2, 0.25) is 0 Å². The van der Waals surface area contributed by atoms with Crippen LogP contribution in [-0.2, 0) is 27.9 Å². The van der Waals surface area contributed by atoms with Gasteiger partial charge in [-0.05, 0) is 6.92 Å². The van der Waals surface area contributed by atoms with Crippen LogP contribution in [0, 0.1) is 0 Å². The Balaban J connectivity index is 0. The first kappa shape index (κ1) is 10.7. The zero-order chi connectivity index (χ0) is 7.15. The summed E-state index contributed by atoms with van der Waals surface area (Å²) >= 11 is 0.792. The second kappa shape index (κ2) is 6.76. The molecule has 0 N–H and O–H groups in total. The zero-order valence-corrected chi connectivity index (χ0v) is 7.90. The Bertz CT molecular complexity index is 69.3. The van der Waals surface area contributed by atoms with Crippen molar-refractivity contribution >= 4 is 10.3 Å². The van der Waals surface area contributed by atoms with Gasteiger partial charge in [0.15, 0.2) is 0 Å². The van der Waals surface area contributed by atoms with E-state index in [9.17, 15) is 4.79 Å². The molecule has 0 aromatic carbocycles. The summed E-state index contributed by atoms with van der Waals surface area (Å²) in [5.74, 6) is -1.08. The molecule has 3 nitrogen and oxygen atoms in total. The predicted octanol–water partition coefficient (Wildman–Crippen LogP) is -1.16. The number of carbonyl (C=O) groups is 2. The molecule has 0 saturated heterocycles. The first-order valence-corrected chi connectivity index (χ1v) is 3.45. The van der Waals surface area contributed by atoms with Crippen LogP contribution in [0.4, 0.5) is 0 Å². The van der Waals surface area contributed by atoms with Crippen molar-refractivity contribution in [1.29, 1.82) is 0 Å². The minimum absolute atomic E-state index is 0.292. The van der Waals surface area contributed by atoms with Gasteiger partial charge in [0.25, 0.3) is 0 Å². The normalized spacial score (nSPS) is 6.50. The van der Waals surface area contributed by atoms with E-state index in [4.69, 9.17) is 9.90 Å². The van der Waals surface area contributed by atoms with E-state index in [1.54, 1.807) is 6.92 Å². The Hall–Kier alpha value is -0.237. The first-order chi connectivity index (χ1) is 3.46. The van der Waals surface area contributed by atoms with Crippen LogP contribution >= 0.6 is 0 Å². The zero-order valence-electron chi connectivity index (χ0n) is 4.93. The third-order valence-electron chi connectivity index (χ3n) is 0. The second-order valence-electron chi connectivity index (χ2n) is 1.19. The van der Waals surface area contributed by atoms with Crippen molar-refractivity contribution in [3.8, 4) is 0 Å². The molecule has 0 atom stereocenters. The van der Waals surface area contributed by atoms with Gasteiger partial charge in [0.05, 0.1) is 0 Å². The standard InChI is InChI=1S/C2H4O2.C2H3O.Zn/c1-2(3)4;1-2-3;/h1H3,(H,3,4);1H3;/q;;+1/p-1. The van der Waals surface area contributed by atoms with E-state index in [2.05, 4.69) is 0 Å². The van der Waals surface area contributed by atoms with Crippen molar-refractivity contribution in [2.24, 2.45) is 0 Å². The molecule has 0 amide bonds. The molecule has 0 aromatic heterocycles. The van der Waals surface area contributed by atoms with Crippen LogP contribution in [0.25, 0.3) is 0 Å². The molecule has 0 heterocycles. The Morgan fingerprint density at radius 1 is 1.38 bits per heavy atom. The summed E-state index contributed by atoms with van der Waals surface area (Å²) in [6.45, 7) is 2.56. The molecule has 8 heavy (non-hydrogen) atoms. The van der Waals surface area contributed by atoms with Crippen molar-refractivity contribution in [2.75, 3.05) is 0 Å². The van der Waals surface area contributed by atoms with Gasteiger partial charge in [-0.15, -0.1) is 0 Å². The van der Waals surface area contributed by atoms with Gasteiger partial charge in [0.2, 0.25) is 0 Å². The molecule has 42 valence electrons. The van der Waals surface area contributed by atoms with Gasteiger partial charge >= 0.3 is 34.4 Å². The topological polar surface area (TPSA) is 57.2 Å². The van der Waals surface area contributed by atoms with Crippen LogP contribution in [0.15, 0.2) is 0 Å². The molecule has 0 aliphatic heterocycles. The molecule has 0 saturated carbocycles. The number of hydrogen-bond acceptors (Lipinski definition) is 3. The molecular weight excluding hydrogens is 161 g/mol. The quantitative estimate of drug-likeness (QED) is 0.428. The Labute approximate surface area is 57.8 Å². The van der Waals surface area contributed by atoms with Crippen LogP contribution in [0.3, 0.4) is 0 Å². The Kier molecular flexibility index (Phi) is 9.04. The third-order valence-corrected chi connectivity index (χ3v) is 0. The number of carboxylic acid groups (broad SMARTS) is 1. The van der Waals surface area contributed by atoms with Gasteiger partial charge in [-0.2, -0.15) is 0 Å². The number of hydrogen-bond donors (Lipinski definition) is 0. The molecule has 0 rings (SSSR count). The SMILES string of the molecule is CC(=O)[O-].C[C](=O)[Zn+]. The van der Waals surface area contributed by atoms with Crippen molar-refractivity contribution in [2.45, 2.75) is 13.8 Å². The van der Waals surface area contributed by atoms with Crippen LogP contribution < -0.4 is 5.11 Å². The number of rotatable bonds is 0. The second-order valence-corrected chi connectivity index (χ2v) is 3.28. The average Bonchev–Trinajstić information content (AvgIpc) is 1.25. The predicted molar refractivity (Wildman–Crippen MR) is 21.4 cm³/mol. The van der Waals surface area contributed by atoms with Crippen molar-refractivity contribution in [3.63, 3.8) is 0 Å². The molecule has 0 bridgehead atoms. The minimum atomic E-state index is -1.08. The maximum absolute atomic E-state index is 9.50. The first-order valence-electron chi connectivity index (χ1n) is 1.97. The van der Waals surface area contributed by atoms with Crippen LogP contribution in [0.5, 0.6) is 0 Å². The van der Waals surface area contributed by atoms with Crippen LogP contribution in [-0.4, -0.2) is 10.3 Å². The van der Waals surface area contributed by atoms with E-state index in [1.165, 1.54) is 0 Å². The summed E-state index contributed by atoms with van der Waals surface area (Å²) in [6, 6.07) is 0. The van der Waals surface area contributed by atoms with Crippen molar-refractivity contribution in [1.82, 2.24) is 0 Å². The molecule has 0 aromatic rings.